The number of rotatable bonds is 6. The molecule has 2 heterocycles. The van der Waals surface area contributed by atoms with Crippen LogP contribution in [0.2, 0.25) is 0 Å². The molecule has 8 nitrogen and oxygen atoms in total. The first-order valence-corrected chi connectivity index (χ1v) is 9.40. The van der Waals surface area contributed by atoms with Gasteiger partial charge in [0.2, 0.25) is 11.7 Å². The van der Waals surface area contributed by atoms with Crippen LogP contribution in [-0.2, 0) is 4.79 Å². The van der Waals surface area contributed by atoms with Crippen molar-refractivity contribution in [3.05, 3.63) is 60.2 Å². The van der Waals surface area contributed by atoms with Crippen molar-refractivity contribution in [1.82, 2.24) is 14.3 Å². The van der Waals surface area contributed by atoms with E-state index in [0.717, 1.165) is 0 Å². The molecular formula is C21H23N5O3. The van der Waals surface area contributed by atoms with Crippen LogP contribution in [-0.4, -0.2) is 45.1 Å². The molecule has 0 saturated heterocycles. The van der Waals surface area contributed by atoms with Crippen LogP contribution < -0.4 is 10.6 Å². The molecule has 0 fully saturated rings. The van der Waals surface area contributed by atoms with Crippen LogP contribution in [0.4, 0.5) is 11.4 Å². The summed E-state index contributed by atoms with van der Waals surface area (Å²) in [5, 5.41) is 5.45. The lowest BCUT2D eigenvalue weighted by atomic mass is 10.2. The number of hydrogen-bond acceptors (Lipinski definition) is 4. The van der Waals surface area contributed by atoms with Crippen LogP contribution >= 0.6 is 0 Å². The molecule has 0 saturated carbocycles. The fourth-order valence-electron chi connectivity index (χ4n) is 3.08. The molecule has 0 radical (unpaired) electrons. The minimum atomic E-state index is -0.454. The Kier molecular flexibility index (Phi) is 5.92. The van der Waals surface area contributed by atoms with E-state index in [-0.39, 0.29) is 23.3 Å². The molecule has 3 aromatic rings. The molecule has 0 aliphatic carbocycles. The average Bonchev–Trinajstić information content (AvgIpc) is 3.08. The lowest BCUT2D eigenvalue weighted by Crippen LogP contribution is -2.31. The van der Waals surface area contributed by atoms with Gasteiger partial charge in [-0.15, -0.1) is 0 Å². The number of nitrogens with one attached hydrogen (secondary N) is 2. The number of aromatic nitrogens is 2. The predicted octanol–water partition coefficient (Wildman–Crippen LogP) is 3.03. The molecule has 0 atom stereocenters. The highest BCUT2D eigenvalue weighted by molar-refractivity contribution is 6.06. The van der Waals surface area contributed by atoms with Gasteiger partial charge in [-0.05, 0) is 44.2 Å². The number of imidazole rings is 1. The van der Waals surface area contributed by atoms with Gasteiger partial charge < -0.3 is 15.5 Å². The van der Waals surface area contributed by atoms with Gasteiger partial charge in [-0.25, -0.2) is 4.98 Å². The number of carbonyl (C=O) groups is 3. The van der Waals surface area contributed by atoms with E-state index >= 15 is 0 Å². The fraction of sp³-hybridized carbons (Fsp3) is 0.238. The van der Waals surface area contributed by atoms with E-state index in [1.165, 1.54) is 6.92 Å². The second-order valence-corrected chi connectivity index (χ2v) is 6.43. The van der Waals surface area contributed by atoms with E-state index in [0.29, 0.717) is 30.0 Å². The quantitative estimate of drug-likeness (QED) is 0.673. The summed E-state index contributed by atoms with van der Waals surface area (Å²) >= 11 is 0. The van der Waals surface area contributed by atoms with Crippen LogP contribution in [0.3, 0.4) is 0 Å². The Morgan fingerprint density at radius 1 is 1.00 bits per heavy atom. The zero-order valence-electron chi connectivity index (χ0n) is 16.6. The van der Waals surface area contributed by atoms with Crippen LogP contribution in [0.25, 0.3) is 5.52 Å². The van der Waals surface area contributed by atoms with Gasteiger partial charge in [-0.2, -0.15) is 0 Å². The number of benzene rings is 1. The number of nitrogens with zero attached hydrogens (tertiary/aromatic N) is 3. The molecule has 29 heavy (non-hydrogen) atoms. The third kappa shape index (κ3) is 4.26. The van der Waals surface area contributed by atoms with E-state index in [4.69, 9.17) is 0 Å². The molecule has 0 unspecified atom stereocenters. The van der Waals surface area contributed by atoms with Crippen molar-refractivity contribution in [2.75, 3.05) is 23.7 Å². The van der Waals surface area contributed by atoms with Crippen molar-refractivity contribution in [3.63, 3.8) is 0 Å². The fourth-order valence-corrected chi connectivity index (χ4v) is 3.08. The Balaban J connectivity index is 1.95. The third-order valence-electron chi connectivity index (χ3n) is 4.45. The summed E-state index contributed by atoms with van der Waals surface area (Å²) in [6, 6.07) is 12.1. The summed E-state index contributed by atoms with van der Waals surface area (Å²) < 4.78 is 1.60. The van der Waals surface area contributed by atoms with Gasteiger partial charge in [0.05, 0.1) is 5.52 Å². The summed E-state index contributed by atoms with van der Waals surface area (Å²) in [6.45, 7) is 6.32. The van der Waals surface area contributed by atoms with Gasteiger partial charge >= 0.3 is 0 Å². The van der Waals surface area contributed by atoms with Crippen molar-refractivity contribution < 1.29 is 14.4 Å². The summed E-state index contributed by atoms with van der Waals surface area (Å²) in [7, 11) is 0. The molecular weight excluding hydrogens is 370 g/mol. The van der Waals surface area contributed by atoms with Crippen molar-refractivity contribution in [1.29, 1.82) is 0 Å². The molecule has 0 aliphatic rings. The topological polar surface area (TPSA) is 95.8 Å². The van der Waals surface area contributed by atoms with Gasteiger partial charge in [-0.3, -0.25) is 18.8 Å². The Labute approximate surface area is 168 Å². The normalized spacial score (nSPS) is 10.6. The van der Waals surface area contributed by atoms with Crippen LogP contribution in [0.15, 0.2) is 48.7 Å². The van der Waals surface area contributed by atoms with E-state index < -0.39 is 5.91 Å². The SMILES string of the molecule is CCN(CC)C(=O)c1nc(C(=O)Nc2cccc(NC(C)=O)c2)n2ccccc12. The lowest BCUT2D eigenvalue weighted by Gasteiger charge is -2.17. The molecule has 150 valence electrons. The van der Waals surface area contributed by atoms with E-state index in [9.17, 15) is 14.4 Å². The highest BCUT2D eigenvalue weighted by atomic mass is 16.2. The van der Waals surface area contributed by atoms with Gasteiger partial charge in [0.15, 0.2) is 5.69 Å². The third-order valence-corrected chi connectivity index (χ3v) is 4.45. The van der Waals surface area contributed by atoms with Crippen LogP contribution in [0, 0.1) is 0 Å². The highest BCUT2D eigenvalue weighted by Gasteiger charge is 2.24. The first kappa shape index (κ1) is 20.1. The minimum Gasteiger partial charge on any atom is -0.338 e. The maximum atomic E-state index is 12.9. The van der Waals surface area contributed by atoms with E-state index in [2.05, 4.69) is 15.6 Å². The molecule has 0 bridgehead atoms. The Bertz CT molecular complexity index is 1070. The number of anilines is 2. The van der Waals surface area contributed by atoms with Crippen molar-refractivity contribution in [2.24, 2.45) is 0 Å². The van der Waals surface area contributed by atoms with E-state index in [1.807, 2.05) is 13.8 Å². The monoisotopic (exact) mass is 393 g/mol. The number of carbonyl (C=O) groups excluding carboxylic acids is 3. The molecule has 0 aliphatic heterocycles. The van der Waals surface area contributed by atoms with E-state index in [1.54, 1.807) is 58.0 Å². The van der Waals surface area contributed by atoms with Crippen LogP contribution in [0.5, 0.6) is 0 Å². The molecule has 2 N–H and O–H groups in total. The minimum absolute atomic E-state index is 0.112. The first-order chi connectivity index (χ1) is 13.9. The number of hydrogen-bond donors (Lipinski definition) is 2. The second-order valence-electron chi connectivity index (χ2n) is 6.43. The summed E-state index contributed by atoms with van der Waals surface area (Å²) in [4.78, 5) is 43.0. The Morgan fingerprint density at radius 3 is 2.34 bits per heavy atom. The van der Waals surface area contributed by atoms with Gasteiger partial charge in [0, 0.05) is 37.6 Å². The van der Waals surface area contributed by atoms with Crippen LogP contribution in [0.1, 0.15) is 41.9 Å². The second kappa shape index (κ2) is 8.55. The summed E-state index contributed by atoms with van der Waals surface area (Å²) in [5.41, 5.74) is 1.89. The van der Waals surface area contributed by atoms with Gasteiger partial charge in [0.1, 0.15) is 0 Å². The van der Waals surface area contributed by atoms with Gasteiger partial charge in [-0.1, -0.05) is 12.1 Å². The van der Waals surface area contributed by atoms with Crippen molar-refractivity contribution in [3.8, 4) is 0 Å². The maximum absolute atomic E-state index is 12.9. The summed E-state index contributed by atoms with van der Waals surface area (Å²) in [6.07, 6.45) is 1.70. The Hall–Kier alpha value is -3.68. The number of fused-ring (bicyclic) bond motifs is 1. The average molecular weight is 393 g/mol. The number of pyridine rings is 1. The lowest BCUT2D eigenvalue weighted by molar-refractivity contribution is -0.114. The van der Waals surface area contributed by atoms with Crippen molar-refractivity contribution in [2.45, 2.75) is 20.8 Å². The zero-order valence-corrected chi connectivity index (χ0v) is 16.6. The van der Waals surface area contributed by atoms with Gasteiger partial charge in [0.25, 0.3) is 11.8 Å². The largest absolute Gasteiger partial charge is 0.338 e. The maximum Gasteiger partial charge on any atom is 0.292 e. The molecule has 3 amide bonds. The summed E-state index contributed by atoms with van der Waals surface area (Å²) in [5.74, 6) is -0.761. The molecule has 2 aromatic heterocycles. The highest BCUT2D eigenvalue weighted by Crippen LogP contribution is 2.19. The first-order valence-electron chi connectivity index (χ1n) is 9.40. The smallest absolute Gasteiger partial charge is 0.292 e. The standard InChI is InChI=1S/C21H23N5O3/c1-4-25(5-2)21(29)18-17-11-6-7-12-26(17)19(24-18)20(28)23-16-10-8-9-15(13-16)22-14(3)27/h6-13H,4-5H2,1-3H3,(H,22,27)(H,23,28). The molecule has 3 rings (SSSR count). The Morgan fingerprint density at radius 2 is 1.69 bits per heavy atom. The number of amides is 3. The molecule has 0 spiro atoms. The molecule has 1 aromatic carbocycles. The zero-order chi connectivity index (χ0) is 21.0. The molecule has 8 heteroatoms. The van der Waals surface area contributed by atoms with Crippen molar-refractivity contribution >= 4 is 34.6 Å². The predicted molar refractivity (Wildman–Crippen MR) is 111 cm³/mol.